The fraction of sp³-hybridized carbons (Fsp3) is 0.556. The van der Waals surface area contributed by atoms with Crippen LogP contribution in [0.25, 0.3) is 0 Å². The number of hydrogen-bond donors (Lipinski definition) is 0. The van der Waals surface area contributed by atoms with Gasteiger partial charge in [0.05, 0.1) is 6.54 Å². The molecule has 1 aliphatic heterocycles. The summed E-state index contributed by atoms with van der Waals surface area (Å²) < 4.78 is 5.09. The Hall–Kier alpha value is -1.72. The van der Waals surface area contributed by atoms with E-state index in [9.17, 15) is 0 Å². The smallest absolute Gasteiger partial charge is 0.223 e. The van der Waals surface area contributed by atoms with Crippen molar-refractivity contribution in [3.8, 4) is 0 Å². The van der Waals surface area contributed by atoms with Gasteiger partial charge in [-0.2, -0.15) is 4.98 Å². The van der Waals surface area contributed by atoms with Gasteiger partial charge in [0, 0.05) is 32.1 Å². The first-order valence-electron chi connectivity index (χ1n) is 8.49. The summed E-state index contributed by atoms with van der Waals surface area (Å²) in [6.45, 7) is 10.4. The number of likely N-dealkylation sites (tertiary alicyclic amines) is 1. The number of aromatic nitrogens is 2. The number of hydrogen-bond acceptors (Lipinski definition) is 5. The fourth-order valence-corrected chi connectivity index (χ4v) is 3.45. The Balaban J connectivity index is 1.61. The summed E-state index contributed by atoms with van der Waals surface area (Å²) in [5.41, 5.74) is 1.39. The van der Waals surface area contributed by atoms with Gasteiger partial charge in [0.1, 0.15) is 0 Å². The molecule has 0 spiro atoms. The SMILES string of the molecule is CCN(Cc1noc(C)n1)[C@@H]1CCN([C@H](C)c2ccccc2)C1. The Kier molecular flexibility index (Phi) is 5.08. The van der Waals surface area contributed by atoms with Gasteiger partial charge >= 0.3 is 0 Å². The van der Waals surface area contributed by atoms with Gasteiger partial charge in [0.15, 0.2) is 5.82 Å². The van der Waals surface area contributed by atoms with Crippen molar-refractivity contribution in [2.45, 2.75) is 45.8 Å². The molecule has 2 heterocycles. The Morgan fingerprint density at radius 3 is 2.78 bits per heavy atom. The molecule has 1 saturated heterocycles. The number of nitrogens with zero attached hydrogens (tertiary/aromatic N) is 4. The van der Waals surface area contributed by atoms with Crippen molar-refractivity contribution < 1.29 is 4.52 Å². The van der Waals surface area contributed by atoms with Crippen molar-refractivity contribution in [3.05, 3.63) is 47.6 Å². The first kappa shape index (κ1) is 16.1. The van der Waals surface area contributed by atoms with E-state index in [1.54, 1.807) is 0 Å². The van der Waals surface area contributed by atoms with E-state index in [1.807, 2.05) is 6.92 Å². The molecule has 124 valence electrons. The molecule has 2 atom stereocenters. The second-order valence-electron chi connectivity index (χ2n) is 6.32. The number of likely N-dealkylation sites (N-methyl/N-ethyl adjacent to an activating group) is 1. The van der Waals surface area contributed by atoms with Gasteiger partial charge in [-0.3, -0.25) is 9.80 Å². The zero-order valence-electron chi connectivity index (χ0n) is 14.3. The van der Waals surface area contributed by atoms with Gasteiger partial charge in [-0.25, -0.2) is 0 Å². The highest BCUT2D eigenvalue weighted by Crippen LogP contribution is 2.27. The molecule has 0 radical (unpaired) electrons. The van der Waals surface area contributed by atoms with E-state index in [4.69, 9.17) is 4.52 Å². The summed E-state index contributed by atoms with van der Waals surface area (Å²) >= 11 is 0. The molecule has 0 amide bonds. The van der Waals surface area contributed by atoms with E-state index in [2.05, 4.69) is 64.1 Å². The molecule has 1 aromatic heterocycles. The van der Waals surface area contributed by atoms with Crippen LogP contribution in [0.5, 0.6) is 0 Å². The lowest BCUT2D eigenvalue weighted by Crippen LogP contribution is -2.37. The van der Waals surface area contributed by atoms with Crippen LogP contribution in [-0.4, -0.2) is 45.6 Å². The molecule has 1 aliphatic rings. The zero-order chi connectivity index (χ0) is 16.2. The van der Waals surface area contributed by atoms with Crippen LogP contribution >= 0.6 is 0 Å². The van der Waals surface area contributed by atoms with Gasteiger partial charge in [-0.15, -0.1) is 0 Å². The lowest BCUT2D eigenvalue weighted by molar-refractivity contribution is 0.175. The van der Waals surface area contributed by atoms with Gasteiger partial charge < -0.3 is 4.52 Å². The van der Waals surface area contributed by atoms with Gasteiger partial charge in [-0.1, -0.05) is 42.4 Å². The van der Waals surface area contributed by atoms with E-state index >= 15 is 0 Å². The summed E-state index contributed by atoms with van der Waals surface area (Å²) in [4.78, 5) is 9.37. The summed E-state index contributed by atoms with van der Waals surface area (Å²) in [6, 6.07) is 11.8. The molecule has 0 bridgehead atoms. The van der Waals surface area contributed by atoms with Crippen LogP contribution in [0, 0.1) is 6.92 Å². The van der Waals surface area contributed by atoms with Crippen molar-refractivity contribution in [2.24, 2.45) is 0 Å². The van der Waals surface area contributed by atoms with Crippen LogP contribution in [0.4, 0.5) is 0 Å². The number of benzene rings is 1. The molecular weight excluding hydrogens is 288 g/mol. The minimum Gasteiger partial charge on any atom is -0.340 e. The third kappa shape index (κ3) is 3.79. The van der Waals surface area contributed by atoms with Crippen LogP contribution in [-0.2, 0) is 6.54 Å². The standard InChI is InChI=1S/C18H26N4O/c1-4-21(13-18-19-15(3)23-20-18)17-10-11-22(12-17)14(2)16-8-6-5-7-9-16/h5-9,14,17H,4,10-13H2,1-3H3/t14-,17-/m1/s1. The Bertz CT molecular complexity index is 612. The van der Waals surface area contributed by atoms with E-state index in [1.165, 1.54) is 12.0 Å². The second kappa shape index (κ2) is 7.23. The van der Waals surface area contributed by atoms with Crippen LogP contribution in [0.15, 0.2) is 34.9 Å². The number of rotatable bonds is 6. The Labute approximate surface area is 138 Å². The van der Waals surface area contributed by atoms with E-state index in [-0.39, 0.29) is 0 Å². The minimum atomic E-state index is 0.465. The second-order valence-corrected chi connectivity index (χ2v) is 6.32. The maximum Gasteiger partial charge on any atom is 0.223 e. The lowest BCUT2D eigenvalue weighted by Gasteiger charge is -2.28. The highest BCUT2D eigenvalue weighted by atomic mass is 16.5. The summed E-state index contributed by atoms with van der Waals surface area (Å²) in [7, 11) is 0. The van der Waals surface area contributed by atoms with E-state index in [0.717, 1.165) is 32.0 Å². The third-order valence-corrected chi connectivity index (χ3v) is 4.86. The van der Waals surface area contributed by atoms with Crippen LogP contribution in [0.3, 0.4) is 0 Å². The minimum absolute atomic E-state index is 0.465. The van der Waals surface area contributed by atoms with Crippen molar-refractivity contribution in [1.29, 1.82) is 0 Å². The average molecular weight is 314 g/mol. The largest absolute Gasteiger partial charge is 0.340 e. The van der Waals surface area contributed by atoms with Gasteiger partial charge in [-0.05, 0) is 25.5 Å². The zero-order valence-corrected chi connectivity index (χ0v) is 14.3. The topological polar surface area (TPSA) is 45.4 Å². The number of aryl methyl sites for hydroxylation is 1. The van der Waals surface area contributed by atoms with E-state index in [0.29, 0.717) is 18.0 Å². The summed E-state index contributed by atoms with van der Waals surface area (Å²) in [5, 5.41) is 4.04. The highest BCUT2D eigenvalue weighted by Gasteiger charge is 2.30. The molecule has 0 saturated carbocycles. The molecule has 23 heavy (non-hydrogen) atoms. The van der Waals surface area contributed by atoms with Crippen molar-refractivity contribution in [2.75, 3.05) is 19.6 Å². The highest BCUT2D eigenvalue weighted by molar-refractivity contribution is 5.18. The third-order valence-electron chi connectivity index (χ3n) is 4.86. The predicted molar refractivity (Wildman–Crippen MR) is 90.0 cm³/mol. The maximum atomic E-state index is 5.09. The molecule has 0 N–H and O–H groups in total. The fourth-order valence-electron chi connectivity index (χ4n) is 3.45. The summed E-state index contributed by atoms with van der Waals surface area (Å²) in [6.07, 6.45) is 1.20. The van der Waals surface area contributed by atoms with Crippen LogP contribution in [0.2, 0.25) is 0 Å². The Morgan fingerprint density at radius 1 is 1.35 bits per heavy atom. The van der Waals surface area contributed by atoms with Crippen molar-refractivity contribution in [3.63, 3.8) is 0 Å². The van der Waals surface area contributed by atoms with Crippen LogP contribution in [0.1, 0.15) is 43.6 Å². The van der Waals surface area contributed by atoms with Crippen LogP contribution < -0.4 is 0 Å². The molecule has 1 aromatic carbocycles. The normalized spacial score (nSPS) is 20.3. The maximum absolute atomic E-state index is 5.09. The van der Waals surface area contributed by atoms with E-state index < -0.39 is 0 Å². The van der Waals surface area contributed by atoms with Crippen molar-refractivity contribution in [1.82, 2.24) is 19.9 Å². The average Bonchev–Trinajstić information content (AvgIpc) is 3.22. The lowest BCUT2D eigenvalue weighted by atomic mass is 10.1. The molecule has 2 aromatic rings. The molecule has 0 unspecified atom stereocenters. The predicted octanol–water partition coefficient (Wildman–Crippen LogP) is 3.04. The quantitative estimate of drug-likeness (QED) is 0.820. The Morgan fingerprint density at radius 2 is 2.13 bits per heavy atom. The van der Waals surface area contributed by atoms with Gasteiger partial charge in [0.25, 0.3) is 0 Å². The van der Waals surface area contributed by atoms with Gasteiger partial charge in [0.2, 0.25) is 5.89 Å². The molecule has 5 nitrogen and oxygen atoms in total. The summed E-state index contributed by atoms with van der Waals surface area (Å²) in [5.74, 6) is 1.43. The molecule has 5 heteroatoms. The first-order valence-corrected chi connectivity index (χ1v) is 8.49. The molecular formula is C18H26N4O. The monoisotopic (exact) mass is 314 g/mol. The molecule has 0 aliphatic carbocycles. The first-order chi connectivity index (χ1) is 11.2. The van der Waals surface area contributed by atoms with Crippen molar-refractivity contribution >= 4 is 0 Å². The molecule has 1 fully saturated rings. The molecule has 3 rings (SSSR count).